The second-order valence-electron chi connectivity index (χ2n) is 5.08. The van der Waals surface area contributed by atoms with E-state index in [9.17, 15) is 32.9 Å². The highest BCUT2D eigenvalue weighted by atomic mass is 19.1. The fourth-order valence-electron chi connectivity index (χ4n) is 1.91. The predicted octanol–water partition coefficient (Wildman–Crippen LogP) is 3.20. The Bertz CT molecular complexity index is 888. The summed E-state index contributed by atoms with van der Waals surface area (Å²) in [6.07, 6.45) is -1.41. The molecular formula is C16H11F3N2O5. The van der Waals surface area contributed by atoms with Crippen molar-refractivity contribution in [3.05, 3.63) is 69.5 Å². The first-order chi connectivity index (χ1) is 12.2. The molecule has 0 aliphatic carbocycles. The molecule has 0 spiro atoms. The Balaban J connectivity index is 2.07. The fourth-order valence-corrected chi connectivity index (χ4v) is 1.91. The van der Waals surface area contributed by atoms with Crippen LogP contribution in [0.1, 0.15) is 17.3 Å². The number of benzene rings is 2. The number of nitrogens with one attached hydrogen (secondary N) is 1. The van der Waals surface area contributed by atoms with Gasteiger partial charge in [0.15, 0.2) is 6.10 Å². The minimum Gasteiger partial charge on any atom is -0.449 e. The van der Waals surface area contributed by atoms with Crippen molar-refractivity contribution < 1.29 is 32.4 Å². The zero-order chi connectivity index (χ0) is 19.4. The first kappa shape index (κ1) is 18.9. The summed E-state index contributed by atoms with van der Waals surface area (Å²) in [5.41, 5.74) is -1.51. The normalized spacial score (nSPS) is 11.5. The van der Waals surface area contributed by atoms with Crippen molar-refractivity contribution >= 4 is 23.3 Å². The Hall–Kier alpha value is -3.43. The molecule has 7 nitrogen and oxygen atoms in total. The zero-order valence-corrected chi connectivity index (χ0v) is 13.2. The molecule has 136 valence electrons. The molecule has 1 atom stereocenters. The van der Waals surface area contributed by atoms with Crippen LogP contribution in [0.15, 0.2) is 36.4 Å². The number of esters is 1. The van der Waals surface area contributed by atoms with Crippen LogP contribution >= 0.6 is 0 Å². The van der Waals surface area contributed by atoms with Crippen molar-refractivity contribution in [2.75, 3.05) is 5.32 Å². The van der Waals surface area contributed by atoms with E-state index in [2.05, 4.69) is 5.32 Å². The van der Waals surface area contributed by atoms with Gasteiger partial charge >= 0.3 is 11.7 Å². The van der Waals surface area contributed by atoms with Gasteiger partial charge in [-0.25, -0.2) is 13.6 Å². The molecule has 0 bridgehead atoms. The van der Waals surface area contributed by atoms with Crippen molar-refractivity contribution in [2.45, 2.75) is 13.0 Å². The first-order valence-electron chi connectivity index (χ1n) is 7.10. The molecule has 0 unspecified atom stereocenters. The molecular weight excluding hydrogens is 357 g/mol. The van der Waals surface area contributed by atoms with Gasteiger partial charge in [0.05, 0.1) is 10.5 Å². The van der Waals surface area contributed by atoms with E-state index in [1.54, 1.807) is 0 Å². The number of rotatable bonds is 5. The number of hydrogen-bond acceptors (Lipinski definition) is 5. The molecule has 1 N–H and O–H groups in total. The SMILES string of the molecule is C[C@@H](OC(=O)c1ccc(F)cc1F)C(=O)Nc1ccc(F)c([N+](=O)[O-])c1. The Kier molecular flexibility index (Phi) is 5.55. The lowest BCUT2D eigenvalue weighted by atomic mass is 10.2. The number of nitro groups is 1. The summed E-state index contributed by atoms with van der Waals surface area (Å²) in [6, 6.07) is 4.86. The van der Waals surface area contributed by atoms with Crippen LogP contribution in [0.3, 0.4) is 0 Å². The monoisotopic (exact) mass is 368 g/mol. The summed E-state index contributed by atoms with van der Waals surface area (Å²) in [7, 11) is 0. The van der Waals surface area contributed by atoms with Gasteiger partial charge in [-0.3, -0.25) is 14.9 Å². The minimum atomic E-state index is -1.41. The number of nitrogens with zero attached hydrogens (tertiary/aromatic N) is 1. The topological polar surface area (TPSA) is 98.5 Å². The summed E-state index contributed by atoms with van der Waals surface area (Å²) in [5.74, 6) is -5.21. The molecule has 2 aromatic rings. The smallest absolute Gasteiger partial charge is 0.341 e. The maximum atomic E-state index is 13.5. The average molecular weight is 368 g/mol. The van der Waals surface area contributed by atoms with Gasteiger partial charge in [-0.2, -0.15) is 4.39 Å². The lowest BCUT2D eigenvalue weighted by Crippen LogP contribution is -2.30. The van der Waals surface area contributed by atoms with Crippen LogP contribution in [0.4, 0.5) is 24.5 Å². The van der Waals surface area contributed by atoms with Crippen LogP contribution in [0, 0.1) is 27.6 Å². The maximum Gasteiger partial charge on any atom is 0.341 e. The Morgan fingerprint density at radius 1 is 1.12 bits per heavy atom. The second kappa shape index (κ2) is 7.64. The zero-order valence-electron chi connectivity index (χ0n) is 13.2. The van der Waals surface area contributed by atoms with E-state index in [0.717, 1.165) is 30.3 Å². The lowest BCUT2D eigenvalue weighted by Gasteiger charge is -2.14. The summed E-state index contributed by atoms with van der Waals surface area (Å²) >= 11 is 0. The number of nitro benzene ring substituents is 1. The van der Waals surface area contributed by atoms with E-state index in [-0.39, 0.29) is 5.69 Å². The highest BCUT2D eigenvalue weighted by Gasteiger charge is 2.22. The maximum absolute atomic E-state index is 13.5. The molecule has 2 rings (SSSR count). The number of anilines is 1. The van der Waals surface area contributed by atoms with E-state index in [4.69, 9.17) is 4.74 Å². The number of amides is 1. The molecule has 0 aliphatic rings. The second-order valence-corrected chi connectivity index (χ2v) is 5.08. The number of carbonyl (C=O) groups excluding carboxylic acids is 2. The van der Waals surface area contributed by atoms with E-state index in [0.29, 0.717) is 6.07 Å². The van der Waals surface area contributed by atoms with Gasteiger partial charge in [0.25, 0.3) is 5.91 Å². The van der Waals surface area contributed by atoms with E-state index >= 15 is 0 Å². The highest BCUT2D eigenvalue weighted by Crippen LogP contribution is 2.22. The van der Waals surface area contributed by atoms with Crippen molar-refractivity contribution in [3.63, 3.8) is 0 Å². The summed E-state index contributed by atoms with van der Waals surface area (Å²) < 4.78 is 44.4. The van der Waals surface area contributed by atoms with Crippen molar-refractivity contribution in [1.29, 1.82) is 0 Å². The molecule has 0 aliphatic heterocycles. The van der Waals surface area contributed by atoms with Crippen LogP contribution in [-0.4, -0.2) is 22.9 Å². The molecule has 2 aromatic carbocycles. The van der Waals surface area contributed by atoms with E-state index in [1.807, 2.05) is 0 Å². The number of hydrogen-bond donors (Lipinski definition) is 1. The molecule has 0 aromatic heterocycles. The quantitative estimate of drug-likeness (QED) is 0.496. The van der Waals surface area contributed by atoms with Gasteiger partial charge in [0.1, 0.15) is 11.6 Å². The lowest BCUT2D eigenvalue weighted by molar-refractivity contribution is -0.387. The van der Waals surface area contributed by atoms with Crippen LogP contribution in [0.25, 0.3) is 0 Å². The van der Waals surface area contributed by atoms with Gasteiger partial charge in [-0.15, -0.1) is 0 Å². The van der Waals surface area contributed by atoms with E-state index < -0.39 is 51.6 Å². The van der Waals surface area contributed by atoms with Crippen LogP contribution in [0.5, 0.6) is 0 Å². The Morgan fingerprint density at radius 2 is 1.81 bits per heavy atom. The van der Waals surface area contributed by atoms with Gasteiger partial charge in [0.2, 0.25) is 5.82 Å². The molecule has 0 fully saturated rings. The molecule has 0 radical (unpaired) electrons. The van der Waals surface area contributed by atoms with Crippen molar-refractivity contribution in [2.24, 2.45) is 0 Å². The molecule has 0 saturated carbocycles. The van der Waals surface area contributed by atoms with Crippen LogP contribution in [-0.2, 0) is 9.53 Å². The van der Waals surface area contributed by atoms with Crippen molar-refractivity contribution in [1.82, 2.24) is 0 Å². The molecule has 26 heavy (non-hydrogen) atoms. The van der Waals surface area contributed by atoms with E-state index in [1.165, 1.54) is 6.92 Å². The number of carbonyl (C=O) groups is 2. The average Bonchev–Trinajstić information content (AvgIpc) is 2.55. The predicted molar refractivity (Wildman–Crippen MR) is 82.9 cm³/mol. The molecule has 1 amide bonds. The third kappa shape index (κ3) is 4.35. The largest absolute Gasteiger partial charge is 0.449 e. The minimum absolute atomic E-state index is 0.0982. The third-order valence-electron chi connectivity index (χ3n) is 3.21. The van der Waals surface area contributed by atoms with Gasteiger partial charge in [0, 0.05) is 17.8 Å². The van der Waals surface area contributed by atoms with Crippen molar-refractivity contribution in [3.8, 4) is 0 Å². The van der Waals surface area contributed by atoms with Crippen LogP contribution < -0.4 is 5.32 Å². The fraction of sp³-hybridized carbons (Fsp3) is 0.125. The Labute approximate surface area is 144 Å². The summed E-state index contributed by atoms with van der Waals surface area (Å²) in [4.78, 5) is 33.5. The molecule has 0 saturated heterocycles. The standard InChI is InChI=1S/C16H11F3N2O5/c1-8(26-16(23)11-4-2-9(17)6-13(11)19)15(22)20-10-3-5-12(18)14(7-10)21(24)25/h2-8H,1H3,(H,20,22)/t8-/m1/s1. The van der Waals surface area contributed by atoms with Gasteiger partial charge in [-0.1, -0.05) is 0 Å². The Morgan fingerprint density at radius 3 is 2.42 bits per heavy atom. The summed E-state index contributed by atoms with van der Waals surface area (Å²) in [5, 5.41) is 12.9. The van der Waals surface area contributed by atoms with Gasteiger partial charge in [-0.05, 0) is 31.2 Å². The number of ether oxygens (including phenoxy) is 1. The highest BCUT2D eigenvalue weighted by molar-refractivity contribution is 5.97. The van der Waals surface area contributed by atoms with Gasteiger partial charge < -0.3 is 10.1 Å². The van der Waals surface area contributed by atoms with Crippen LogP contribution in [0.2, 0.25) is 0 Å². The third-order valence-corrected chi connectivity index (χ3v) is 3.21. The first-order valence-corrected chi connectivity index (χ1v) is 7.10. The number of halogens is 3. The summed E-state index contributed by atoms with van der Waals surface area (Å²) in [6.45, 7) is 1.17. The molecule has 10 heteroatoms. The molecule has 0 heterocycles.